The Hall–Kier alpha value is -5.04. The number of ether oxygens (including phenoxy) is 2. The van der Waals surface area contributed by atoms with E-state index < -0.39 is 11.7 Å². The Bertz CT molecular complexity index is 1850. The molecule has 0 saturated carbocycles. The fourth-order valence-electron chi connectivity index (χ4n) is 5.51. The summed E-state index contributed by atoms with van der Waals surface area (Å²) in [6.07, 6.45) is 3.27. The van der Waals surface area contributed by atoms with Gasteiger partial charge in [-0.05, 0) is 63.9 Å². The molecule has 2 aromatic carbocycles. The van der Waals surface area contributed by atoms with Crippen LogP contribution in [0.1, 0.15) is 45.6 Å². The molecule has 0 fully saturated rings. The van der Waals surface area contributed by atoms with Gasteiger partial charge in [0, 0.05) is 55.8 Å². The number of rotatable bonds is 1. The van der Waals surface area contributed by atoms with Crippen molar-refractivity contribution in [3.63, 3.8) is 0 Å². The third kappa shape index (κ3) is 6.04. The number of amides is 1. The summed E-state index contributed by atoms with van der Waals surface area (Å²) in [6.45, 7) is 9.24. The van der Waals surface area contributed by atoms with E-state index in [1.54, 1.807) is 15.7 Å². The molecule has 0 saturated heterocycles. The van der Waals surface area contributed by atoms with E-state index in [2.05, 4.69) is 22.1 Å². The molecule has 10 nitrogen and oxygen atoms in total. The van der Waals surface area contributed by atoms with Crippen molar-refractivity contribution in [2.75, 3.05) is 34.8 Å². The number of para-hydroxylation sites is 1. The van der Waals surface area contributed by atoms with Gasteiger partial charge in [0.2, 0.25) is 5.95 Å². The van der Waals surface area contributed by atoms with Crippen LogP contribution in [-0.4, -0.2) is 45.9 Å². The normalized spacial score (nSPS) is 15.1. The van der Waals surface area contributed by atoms with E-state index in [1.807, 2.05) is 81.1 Å². The van der Waals surface area contributed by atoms with Crippen molar-refractivity contribution in [2.24, 2.45) is 0 Å². The van der Waals surface area contributed by atoms with Gasteiger partial charge in [0.15, 0.2) is 0 Å². The van der Waals surface area contributed by atoms with E-state index in [0.717, 1.165) is 33.8 Å². The minimum absolute atomic E-state index is 0.162. The lowest BCUT2D eigenvalue weighted by Crippen LogP contribution is -2.46. The van der Waals surface area contributed by atoms with Crippen LogP contribution in [0.5, 0.6) is 5.75 Å². The number of anilines is 5. The summed E-state index contributed by atoms with van der Waals surface area (Å²) in [4.78, 5) is 40.6. The van der Waals surface area contributed by atoms with Gasteiger partial charge in [-0.25, -0.2) is 9.78 Å². The number of nitrogens with zero attached hydrogens (tertiary/aromatic N) is 5. The lowest BCUT2D eigenvalue weighted by molar-refractivity contribution is 0.0580. The molecule has 0 unspecified atom stereocenters. The van der Waals surface area contributed by atoms with Gasteiger partial charge in [-0.2, -0.15) is 4.98 Å². The minimum Gasteiger partial charge on any atom is -0.493 e. The second-order valence-corrected chi connectivity index (χ2v) is 11.9. The lowest BCUT2D eigenvalue weighted by atomic mass is 10.1. The summed E-state index contributed by atoms with van der Waals surface area (Å²) in [6, 6.07) is 15.3. The van der Waals surface area contributed by atoms with Gasteiger partial charge >= 0.3 is 6.09 Å². The molecule has 2 aliphatic heterocycles. The quantitative estimate of drug-likeness (QED) is 0.257. The van der Waals surface area contributed by atoms with Crippen LogP contribution >= 0.6 is 0 Å². The highest BCUT2D eigenvalue weighted by Crippen LogP contribution is 2.40. The summed E-state index contributed by atoms with van der Waals surface area (Å²) >= 11 is 0. The number of hydrogen-bond donors (Lipinski definition) is 1. The number of aromatic nitrogens is 3. The Morgan fingerprint density at radius 1 is 1.02 bits per heavy atom. The van der Waals surface area contributed by atoms with Crippen LogP contribution in [0.2, 0.25) is 0 Å². The molecule has 226 valence electrons. The average molecular weight is 593 g/mol. The van der Waals surface area contributed by atoms with Gasteiger partial charge in [0.05, 0.1) is 18.0 Å². The van der Waals surface area contributed by atoms with Crippen molar-refractivity contribution in [2.45, 2.75) is 59.1 Å². The predicted octanol–water partition coefficient (Wildman–Crippen LogP) is 6.30. The van der Waals surface area contributed by atoms with Crippen LogP contribution in [0.3, 0.4) is 0 Å². The van der Waals surface area contributed by atoms with Gasteiger partial charge in [-0.1, -0.05) is 24.1 Å². The summed E-state index contributed by atoms with van der Waals surface area (Å²) in [5.41, 5.74) is 3.45. The smallest absolute Gasteiger partial charge is 0.414 e. The van der Waals surface area contributed by atoms with Gasteiger partial charge < -0.3 is 19.7 Å². The highest BCUT2D eigenvalue weighted by Gasteiger charge is 2.33. The first kappa shape index (κ1) is 29.1. The topological polar surface area (TPSA) is 102 Å². The van der Waals surface area contributed by atoms with Crippen LogP contribution in [0, 0.1) is 18.8 Å². The van der Waals surface area contributed by atoms with E-state index in [4.69, 9.17) is 14.5 Å². The first-order chi connectivity index (χ1) is 21.2. The molecule has 2 aromatic heterocycles. The molecule has 4 heterocycles. The highest BCUT2D eigenvalue weighted by atomic mass is 16.6. The van der Waals surface area contributed by atoms with Gasteiger partial charge in [-0.15, -0.1) is 5.92 Å². The second kappa shape index (κ2) is 11.9. The molecule has 1 N–H and O–H groups in total. The number of benzene rings is 2. The Morgan fingerprint density at radius 2 is 1.84 bits per heavy atom. The van der Waals surface area contributed by atoms with E-state index in [1.165, 1.54) is 0 Å². The summed E-state index contributed by atoms with van der Waals surface area (Å²) < 4.78 is 13.3. The predicted molar refractivity (Wildman–Crippen MR) is 172 cm³/mol. The maximum absolute atomic E-state index is 14.3. The zero-order valence-electron chi connectivity index (χ0n) is 25.5. The number of pyridine rings is 1. The van der Waals surface area contributed by atoms with Crippen LogP contribution in [-0.2, 0) is 11.3 Å². The maximum atomic E-state index is 14.3. The van der Waals surface area contributed by atoms with Crippen LogP contribution < -0.4 is 25.4 Å². The van der Waals surface area contributed by atoms with Crippen molar-refractivity contribution >= 4 is 45.8 Å². The van der Waals surface area contributed by atoms with Gasteiger partial charge in [0.1, 0.15) is 22.7 Å². The molecule has 4 bridgehead atoms. The molecule has 0 radical (unpaired) electrons. The highest BCUT2D eigenvalue weighted by molar-refractivity contribution is 5.97. The Morgan fingerprint density at radius 3 is 2.68 bits per heavy atom. The van der Waals surface area contributed by atoms with E-state index in [9.17, 15) is 9.59 Å². The Kier molecular flexibility index (Phi) is 7.87. The molecule has 4 aromatic rings. The first-order valence-corrected chi connectivity index (χ1v) is 14.9. The maximum Gasteiger partial charge on any atom is 0.414 e. The van der Waals surface area contributed by atoms with Crippen LogP contribution in [0.4, 0.5) is 33.5 Å². The zero-order valence-corrected chi connectivity index (χ0v) is 25.5. The number of carbonyl (C=O) groups is 1. The lowest BCUT2D eigenvalue weighted by Gasteiger charge is -2.39. The fraction of sp³-hybridized carbons (Fsp3) is 0.353. The minimum atomic E-state index is -0.630. The SMILES string of the molecule is Cc1cccc2c1N(C(=O)OC(C)(C)C)CCN2c1cc2cnc3nc2n(c1=O)CCCC#CCCOc1cccc(c1)N3. The van der Waals surface area contributed by atoms with Crippen molar-refractivity contribution in [3.8, 4) is 17.6 Å². The van der Waals surface area contributed by atoms with Crippen molar-refractivity contribution < 1.29 is 14.3 Å². The largest absolute Gasteiger partial charge is 0.493 e. The number of fused-ring (bicyclic) bond motifs is 4. The van der Waals surface area contributed by atoms with E-state index >= 15 is 0 Å². The molecule has 0 atom stereocenters. The van der Waals surface area contributed by atoms with Crippen molar-refractivity contribution in [1.29, 1.82) is 0 Å². The van der Waals surface area contributed by atoms with Crippen molar-refractivity contribution in [1.82, 2.24) is 14.5 Å². The number of aryl methyl sites for hydroxylation is 2. The molecule has 0 spiro atoms. The van der Waals surface area contributed by atoms with Crippen LogP contribution in [0.25, 0.3) is 11.0 Å². The number of hydrogen-bond acceptors (Lipinski definition) is 8. The molecule has 0 aliphatic carbocycles. The molecule has 10 heteroatoms. The average Bonchev–Trinajstić information content (AvgIpc) is 2.98. The van der Waals surface area contributed by atoms with Gasteiger partial charge in [-0.3, -0.25) is 14.3 Å². The van der Waals surface area contributed by atoms with Crippen molar-refractivity contribution in [3.05, 3.63) is 70.6 Å². The molecule has 6 rings (SSSR count). The van der Waals surface area contributed by atoms with E-state index in [-0.39, 0.29) is 5.56 Å². The third-order valence-electron chi connectivity index (χ3n) is 7.43. The summed E-state index contributed by atoms with van der Waals surface area (Å²) in [5, 5.41) is 3.99. The van der Waals surface area contributed by atoms with E-state index in [0.29, 0.717) is 62.8 Å². The number of carbonyl (C=O) groups excluding carboxylic acids is 1. The Labute approximate surface area is 256 Å². The van der Waals surface area contributed by atoms with Gasteiger partial charge in [0.25, 0.3) is 5.56 Å². The molecule has 2 aliphatic rings. The molecular weight excluding hydrogens is 556 g/mol. The third-order valence-corrected chi connectivity index (χ3v) is 7.43. The first-order valence-electron chi connectivity index (χ1n) is 14.9. The number of nitrogens with one attached hydrogen (secondary N) is 1. The molecular formula is C34H36N6O4. The monoisotopic (exact) mass is 592 g/mol. The molecule has 44 heavy (non-hydrogen) atoms. The fourth-order valence-corrected chi connectivity index (χ4v) is 5.51. The molecule has 1 amide bonds. The summed E-state index contributed by atoms with van der Waals surface area (Å²) in [7, 11) is 0. The Balaban J connectivity index is 1.44. The van der Waals surface area contributed by atoms with Crippen LogP contribution in [0.15, 0.2) is 59.5 Å². The summed E-state index contributed by atoms with van der Waals surface area (Å²) in [5.74, 6) is 7.50. The zero-order chi connectivity index (χ0) is 30.8. The standard InChI is InChI=1S/C34H36N6O4/c1-23-12-10-15-27-29(23)39(33(42)44-34(2,3)4)18-17-38(27)28-20-24-22-35-32-36-25-13-11-14-26(21-25)43-19-9-7-5-6-8-16-40(31(28)41)30(24)37-32/h10-15,20-22H,6,8-9,16-19H2,1-4H3,(H,35,36,37). The second-order valence-electron chi connectivity index (χ2n) is 11.9.